The van der Waals surface area contributed by atoms with Gasteiger partial charge < -0.3 is 0 Å². The third kappa shape index (κ3) is 1.97. The highest BCUT2D eigenvalue weighted by Crippen LogP contribution is 2.27. The summed E-state index contributed by atoms with van der Waals surface area (Å²) in [5.74, 6) is 0.598. The van der Waals surface area contributed by atoms with Gasteiger partial charge in [0.15, 0.2) is 0 Å². The molecule has 0 saturated heterocycles. The highest BCUT2D eigenvalue weighted by atomic mass is 14.1. The van der Waals surface area contributed by atoms with Gasteiger partial charge in [0.25, 0.3) is 0 Å². The molecule has 0 nitrogen and oxygen atoms in total. The lowest BCUT2D eigenvalue weighted by molar-refractivity contribution is 0.875. The third-order valence-corrected chi connectivity index (χ3v) is 3.19. The molecule has 0 fully saturated rings. The Morgan fingerprint density at radius 3 is 2.31 bits per heavy atom. The van der Waals surface area contributed by atoms with Gasteiger partial charge in [0.1, 0.15) is 0 Å². The van der Waals surface area contributed by atoms with Gasteiger partial charge in [0.2, 0.25) is 0 Å². The first-order chi connectivity index (χ1) is 7.74. The quantitative estimate of drug-likeness (QED) is 0.677. The van der Waals surface area contributed by atoms with E-state index < -0.39 is 0 Å². The number of fused-ring (bicyclic) bond motifs is 1. The second kappa shape index (κ2) is 4.69. The summed E-state index contributed by atoms with van der Waals surface area (Å²) >= 11 is 0. The molecule has 0 amide bonds. The van der Waals surface area contributed by atoms with E-state index in [1.165, 1.54) is 34.7 Å². The van der Waals surface area contributed by atoms with Crippen molar-refractivity contribution in [1.82, 2.24) is 0 Å². The smallest absolute Gasteiger partial charge is 0.0147 e. The summed E-state index contributed by atoms with van der Waals surface area (Å²) in [5, 5.41) is 2.87. The summed E-state index contributed by atoms with van der Waals surface area (Å²) in [4.78, 5) is 0. The molecule has 2 aromatic carbocycles. The van der Waals surface area contributed by atoms with Gasteiger partial charge in [-0.3, -0.25) is 0 Å². The van der Waals surface area contributed by atoms with Crippen molar-refractivity contribution in [2.24, 2.45) is 0 Å². The van der Waals surface area contributed by atoms with Crippen molar-refractivity contribution in [2.45, 2.75) is 39.5 Å². The predicted octanol–water partition coefficient (Wildman–Crippen LogP) is 4.92. The lowest BCUT2D eigenvalue weighted by Gasteiger charge is -2.12. The molecule has 0 atom stereocenters. The van der Waals surface area contributed by atoms with Crippen molar-refractivity contribution >= 4 is 10.8 Å². The summed E-state index contributed by atoms with van der Waals surface area (Å²) in [6, 6.07) is 13.4. The van der Waals surface area contributed by atoms with Gasteiger partial charge in [-0.25, -0.2) is 0 Å². The molecule has 0 aliphatic heterocycles. The maximum Gasteiger partial charge on any atom is -0.0147 e. The summed E-state index contributed by atoms with van der Waals surface area (Å²) in [6.07, 6.45) is 2.39. The zero-order chi connectivity index (χ0) is 11.5. The predicted molar refractivity (Wildman–Crippen MR) is 72.0 cm³/mol. The van der Waals surface area contributed by atoms with Crippen molar-refractivity contribution in [3.63, 3.8) is 0 Å². The average molecular weight is 212 g/mol. The van der Waals surface area contributed by atoms with Crippen LogP contribution < -0.4 is 0 Å². The molecule has 0 heteroatoms. The van der Waals surface area contributed by atoms with Crippen LogP contribution in [0.15, 0.2) is 36.4 Å². The van der Waals surface area contributed by atoms with E-state index in [0.29, 0.717) is 5.92 Å². The minimum absolute atomic E-state index is 0.598. The van der Waals surface area contributed by atoms with Gasteiger partial charge in [-0.15, -0.1) is 0 Å². The summed E-state index contributed by atoms with van der Waals surface area (Å²) in [7, 11) is 0. The van der Waals surface area contributed by atoms with Gasteiger partial charge in [0.05, 0.1) is 0 Å². The van der Waals surface area contributed by atoms with Crippen LogP contribution in [0.3, 0.4) is 0 Å². The summed E-state index contributed by atoms with van der Waals surface area (Å²) in [6.45, 7) is 6.77. The molecule has 0 bridgehead atoms. The van der Waals surface area contributed by atoms with E-state index in [-0.39, 0.29) is 0 Å². The van der Waals surface area contributed by atoms with E-state index in [4.69, 9.17) is 0 Å². The molecule has 0 unspecified atom stereocenters. The average Bonchev–Trinajstić information content (AvgIpc) is 2.29. The van der Waals surface area contributed by atoms with E-state index >= 15 is 0 Å². The molecule has 0 aliphatic rings. The maximum atomic E-state index is 2.27. The van der Waals surface area contributed by atoms with E-state index in [1.807, 2.05) is 0 Å². The van der Waals surface area contributed by atoms with Crippen LogP contribution in [0.25, 0.3) is 10.8 Å². The van der Waals surface area contributed by atoms with Crippen molar-refractivity contribution in [1.29, 1.82) is 0 Å². The largest absolute Gasteiger partial charge is 0.0651 e. The van der Waals surface area contributed by atoms with Crippen molar-refractivity contribution in [2.75, 3.05) is 0 Å². The topological polar surface area (TPSA) is 0 Å². The second-order valence-corrected chi connectivity index (χ2v) is 4.76. The van der Waals surface area contributed by atoms with Crippen LogP contribution in [-0.2, 0) is 6.42 Å². The molecule has 0 heterocycles. The number of hydrogen-bond acceptors (Lipinski definition) is 0. The second-order valence-electron chi connectivity index (χ2n) is 4.76. The first-order valence-corrected chi connectivity index (χ1v) is 6.24. The zero-order valence-electron chi connectivity index (χ0n) is 10.5. The Morgan fingerprint density at radius 2 is 1.62 bits per heavy atom. The Kier molecular flexibility index (Phi) is 3.28. The molecule has 2 rings (SSSR count). The van der Waals surface area contributed by atoms with Crippen molar-refractivity contribution in [3.05, 3.63) is 47.5 Å². The fourth-order valence-electron chi connectivity index (χ4n) is 2.39. The lowest BCUT2D eigenvalue weighted by atomic mass is 9.93. The molecule has 0 radical (unpaired) electrons. The third-order valence-electron chi connectivity index (χ3n) is 3.19. The minimum Gasteiger partial charge on any atom is -0.0651 e. The molecular formula is C16H20. The van der Waals surface area contributed by atoms with Crippen molar-refractivity contribution < 1.29 is 0 Å². The van der Waals surface area contributed by atoms with Crippen LogP contribution in [0.1, 0.15) is 44.2 Å². The Balaban J connectivity index is 2.66. The molecule has 0 saturated carbocycles. The maximum absolute atomic E-state index is 2.27. The molecule has 2 aromatic rings. The first kappa shape index (κ1) is 11.2. The van der Waals surface area contributed by atoms with E-state index in [0.717, 1.165) is 0 Å². The Hall–Kier alpha value is -1.30. The lowest BCUT2D eigenvalue weighted by Crippen LogP contribution is -1.92. The van der Waals surface area contributed by atoms with Crippen LogP contribution in [0.4, 0.5) is 0 Å². The Bertz CT molecular complexity index is 480. The number of benzene rings is 2. The van der Waals surface area contributed by atoms with E-state index in [9.17, 15) is 0 Å². The molecule has 0 aliphatic carbocycles. The van der Waals surface area contributed by atoms with Crippen LogP contribution in [0.2, 0.25) is 0 Å². The van der Waals surface area contributed by atoms with Gasteiger partial charge >= 0.3 is 0 Å². The molecule has 84 valence electrons. The van der Waals surface area contributed by atoms with Gasteiger partial charge in [-0.2, -0.15) is 0 Å². The molecular weight excluding hydrogens is 192 g/mol. The van der Waals surface area contributed by atoms with Crippen LogP contribution >= 0.6 is 0 Å². The Morgan fingerprint density at radius 1 is 0.938 bits per heavy atom. The minimum atomic E-state index is 0.598. The SMILES string of the molecule is CCCc1cccc2c(C(C)C)cccc12. The van der Waals surface area contributed by atoms with Gasteiger partial charge in [-0.1, -0.05) is 63.6 Å². The fraction of sp³-hybridized carbons (Fsp3) is 0.375. The first-order valence-electron chi connectivity index (χ1n) is 6.24. The normalized spacial score (nSPS) is 11.2. The van der Waals surface area contributed by atoms with Crippen LogP contribution in [0.5, 0.6) is 0 Å². The zero-order valence-corrected chi connectivity index (χ0v) is 10.5. The van der Waals surface area contributed by atoms with Crippen LogP contribution in [0, 0.1) is 0 Å². The van der Waals surface area contributed by atoms with Crippen molar-refractivity contribution in [3.8, 4) is 0 Å². The Labute approximate surface area is 98.3 Å². The molecule has 0 aromatic heterocycles. The standard InChI is InChI=1S/C16H20/c1-4-7-13-8-5-11-16-14(12(2)3)9-6-10-15(13)16/h5-6,8-12H,4,7H2,1-3H3. The number of rotatable bonds is 3. The van der Waals surface area contributed by atoms with E-state index in [1.54, 1.807) is 0 Å². The fourth-order valence-corrected chi connectivity index (χ4v) is 2.39. The highest BCUT2D eigenvalue weighted by molar-refractivity contribution is 5.89. The molecule has 0 spiro atoms. The van der Waals surface area contributed by atoms with Gasteiger partial charge in [-0.05, 0) is 34.2 Å². The monoisotopic (exact) mass is 212 g/mol. The number of hydrogen-bond donors (Lipinski definition) is 0. The number of aryl methyl sites for hydroxylation is 1. The molecule has 16 heavy (non-hydrogen) atoms. The van der Waals surface area contributed by atoms with Crippen LogP contribution in [-0.4, -0.2) is 0 Å². The summed E-state index contributed by atoms with van der Waals surface area (Å²) in [5.41, 5.74) is 2.96. The van der Waals surface area contributed by atoms with Gasteiger partial charge in [0, 0.05) is 0 Å². The summed E-state index contributed by atoms with van der Waals surface area (Å²) < 4.78 is 0. The highest BCUT2D eigenvalue weighted by Gasteiger charge is 2.06. The molecule has 0 N–H and O–H groups in total. The van der Waals surface area contributed by atoms with E-state index in [2.05, 4.69) is 57.2 Å².